The Morgan fingerprint density at radius 2 is 2.47 bits per heavy atom. The molecule has 0 aromatic carbocycles. The number of anilines is 1. The fourth-order valence-corrected chi connectivity index (χ4v) is 2.98. The fraction of sp³-hybridized carbons (Fsp3) is 0.500. The van der Waals surface area contributed by atoms with E-state index < -0.39 is 0 Å². The monoisotopic (exact) mass is 251 g/mol. The molecule has 0 radical (unpaired) electrons. The molecule has 1 N–H and O–H groups in total. The molecule has 0 bridgehead atoms. The van der Waals surface area contributed by atoms with Crippen LogP contribution in [0.2, 0.25) is 0 Å². The average molecular weight is 251 g/mol. The van der Waals surface area contributed by atoms with E-state index in [1.54, 1.807) is 12.4 Å². The van der Waals surface area contributed by atoms with Gasteiger partial charge in [0.05, 0.1) is 5.56 Å². The van der Waals surface area contributed by atoms with Crippen molar-refractivity contribution in [3.05, 3.63) is 24.0 Å². The number of carbonyl (C=O) groups excluding carboxylic acids is 1. The lowest BCUT2D eigenvalue weighted by molar-refractivity contribution is 0.0716. The smallest absolute Gasteiger partial charge is 0.257 e. The number of rotatable bonds is 2. The molecule has 4 nitrogen and oxygen atoms in total. The molecule has 1 aliphatic heterocycles. The Balaban J connectivity index is 2.23. The first-order chi connectivity index (χ1) is 8.24. The molecule has 1 fully saturated rings. The van der Waals surface area contributed by atoms with Gasteiger partial charge in [0.25, 0.3) is 5.91 Å². The lowest BCUT2D eigenvalue weighted by atomic mass is 10.2. The largest absolute Gasteiger partial charge is 0.387 e. The maximum absolute atomic E-state index is 12.4. The molecular weight excluding hydrogens is 234 g/mol. The molecule has 1 aliphatic rings. The number of thioether (sulfide) groups is 1. The van der Waals surface area contributed by atoms with Crippen LogP contribution >= 0.6 is 11.8 Å². The molecule has 1 atom stereocenters. The van der Waals surface area contributed by atoms with Crippen LogP contribution in [0, 0.1) is 0 Å². The second kappa shape index (κ2) is 5.40. The molecule has 1 unspecified atom stereocenters. The normalized spacial score (nSPS) is 20.1. The van der Waals surface area contributed by atoms with E-state index in [4.69, 9.17) is 0 Å². The van der Waals surface area contributed by atoms with Crippen LogP contribution in [0.1, 0.15) is 17.3 Å². The first kappa shape index (κ1) is 12.2. The highest BCUT2D eigenvalue weighted by Gasteiger charge is 2.25. The van der Waals surface area contributed by atoms with E-state index >= 15 is 0 Å². The van der Waals surface area contributed by atoms with Crippen LogP contribution in [0.3, 0.4) is 0 Å². The van der Waals surface area contributed by atoms with Crippen LogP contribution < -0.4 is 5.32 Å². The van der Waals surface area contributed by atoms with Crippen molar-refractivity contribution < 1.29 is 4.79 Å². The first-order valence-electron chi connectivity index (χ1n) is 5.74. The second-order valence-electron chi connectivity index (χ2n) is 4.09. The highest BCUT2D eigenvalue weighted by Crippen LogP contribution is 2.21. The van der Waals surface area contributed by atoms with Gasteiger partial charge in [0.15, 0.2) is 0 Å². The first-order valence-corrected chi connectivity index (χ1v) is 6.90. The second-order valence-corrected chi connectivity index (χ2v) is 5.24. The van der Waals surface area contributed by atoms with Crippen molar-refractivity contribution in [3.63, 3.8) is 0 Å². The molecule has 1 amide bonds. The summed E-state index contributed by atoms with van der Waals surface area (Å²) in [6.07, 6.45) is 3.33. The van der Waals surface area contributed by atoms with E-state index in [9.17, 15) is 4.79 Å². The number of hydrogen-bond donors (Lipinski definition) is 1. The van der Waals surface area contributed by atoms with Crippen molar-refractivity contribution in [3.8, 4) is 0 Å². The molecule has 17 heavy (non-hydrogen) atoms. The van der Waals surface area contributed by atoms with Gasteiger partial charge in [-0.1, -0.05) is 0 Å². The van der Waals surface area contributed by atoms with Crippen molar-refractivity contribution in [2.24, 2.45) is 0 Å². The van der Waals surface area contributed by atoms with E-state index in [2.05, 4.69) is 17.2 Å². The highest BCUT2D eigenvalue weighted by molar-refractivity contribution is 7.99. The summed E-state index contributed by atoms with van der Waals surface area (Å²) in [7, 11) is 1.82. The van der Waals surface area contributed by atoms with E-state index in [0.29, 0.717) is 11.6 Å². The summed E-state index contributed by atoms with van der Waals surface area (Å²) < 4.78 is 0. The minimum Gasteiger partial charge on any atom is -0.387 e. The summed E-state index contributed by atoms with van der Waals surface area (Å²) in [5, 5.41) is 3.04. The van der Waals surface area contributed by atoms with Crippen LogP contribution in [0.15, 0.2) is 18.5 Å². The third kappa shape index (κ3) is 2.54. The molecule has 0 aliphatic carbocycles. The Morgan fingerprint density at radius 1 is 1.65 bits per heavy atom. The number of pyridine rings is 1. The Labute approximate surface area is 106 Å². The number of hydrogen-bond acceptors (Lipinski definition) is 4. The maximum atomic E-state index is 12.4. The van der Waals surface area contributed by atoms with Gasteiger partial charge in [-0.25, -0.2) is 0 Å². The van der Waals surface area contributed by atoms with Crippen molar-refractivity contribution in [2.75, 3.05) is 30.4 Å². The van der Waals surface area contributed by atoms with Crippen LogP contribution in [0.4, 0.5) is 5.69 Å². The van der Waals surface area contributed by atoms with Gasteiger partial charge >= 0.3 is 0 Å². The van der Waals surface area contributed by atoms with Gasteiger partial charge in [0.2, 0.25) is 0 Å². The standard InChI is InChI=1S/C12H17N3OS/c1-9-8-17-6-5-15(9)12(16)10-7-14-4-3-11(10)13-2/h3-4,7,9H,5-6,8H2,1-2H3,(H,13,14). The summed E-state index contributed by atoms with van der Waals surface area (Å²) in [4.78, 5) is 18.4. The van der Waals surface area contributed by atoms with Crippen LogP contribution in [0.25, 0.3) is 0 Å². The van der Waals surface area contributed by atoms with Crippen LogP contribution in [0.5, 0.6) is 0 Å². The summed E-state index contributed by atoms with van der Waals surface area (Å²) in [6.45, 7) is 2.92. The Bertz CT molecular complexity index is 410. The molecule has 1 aromatic rings. The predicted octanol–water partition coefficient (Wildman–Crippen LogP) is 1.70. The summed E-state index contributed by atoms with van der Waals surface area (Å²) in [5.74, 6) is 2.11. The van der Waals surface area contributed by atoms with E-state index in [1.807, 2.05) is 29.8 Å². The van der Waals surface area contributed by atoms with Crippen molar-refractivity contribution in [2.45, 2.75) is 13.0 Å². The van der Waals surface area contributed by atoms with Crippen LogP contribution in [-0.4, -0.2) is 46.9 Å². The average Bonchev–Trinajstić information content (AvgIpc) is 2.38. The lowest BCUT2D eigenvalue weighted by Gasteiger charge is -2.33. The molecule has 92 valence electrons. The Kier molecular flexibility index (Phi) is 3.89. The van der Waals surface area contributed by atoms with Crippen molar-refractivity contribution in [1.29, 1.82) is 0 Å². The molecule has 1 saturated heterocycles. The van der Waals surface area contributed by atoms with Gasteiger partial charge in [0.1, 0.15) is 0 Å². The van der Waals surface area contributed by atoms with Gasteiger partial charge < -0.3 is 10.2 Å². The molecule has 5 heteroatoms. The number of nitrogens with zero attached hydrogens (tertiary/aromatic N) is 2. The zero-order valence-corrected chi connectivity index (χ0v) is 11.0. The number of nitrogens with one attached hydrogen (secondary N) is 1. The SMILES string of the molecule is CNc1ccncc1C(=O)N1CCSCC1C. The van der Waals surface area contributed by atoms with Gasteiger partial charge in [-0.05, 0) is 13.0 Å². The maximum Gasteiger partial charge on any atom is 0.257 e. The third-order valence-electron chi connectivity index (χ3n) is 2.95. The zero-order chi connectivity index (χ0) is 12.3. The van der Waals surface area contributed by atoms with Gasteiger partial charge in [-0.3, -0.25) is 9.78 Å². The van der Waals surface area contributed by atoms with E-state index in [0.717, 1.165) is 23.7 Å². The molecule has 1 aromatic heterocycles. The third-order valence-corrected chi connectivity index (χ3v) is 4.14. The van der Waals surface area contributed by atoms with Gasteiger partial charge in [-0.2, -0.15) is 11.8 Å². The summed E-state index contributed by atoms with van der Waals surface area (Å²) in [5.41, 5.74) is 1.50. The van der Waals surface area contributed by atoms with Crippen LogP contribution in [-0.2, 0) is 0 Å². The molecule has 0 saturated carbocycles. The van der Waals surface area contributed by atoms with E-state index in [1.165, 1.54) is 0 Å². The fourth-order valence-electron chi connectivity index (χ4n) is 1.97. The topological polar surface area (TPSA) is 45.2 Å². The Morgan fingerprint density at radius 3 is 3.18 bits per heavy atom. The van der Waals surface area contributed by atoms with Gasteiger partial charge in [-0.15, -0.1) is 0 Å². The number of amides is 1. The Hall–Kier alpha value is -1.23. The minimum atomic E-state index is 0.0789. The summed E-state index contributed by atoms with van der Waals surface area (Å²) in [6, 6.07) is 2.13. The van der Waals surface area contributed by atoms with E-state index in [-0.39, 0.29) is 5.91 Å². The zero-order valence-electron chi connectivity index (χ0n) is 10.1. The molecule has 2 heterocycles. The quantitative estimate of drug-likeness (QED) is 0.869. The minimum absolute atomic E-state index is 0.0789. The molecule has 0 spiro atoms. The summed E-state index contributed by atoms with van der Waals surface area (Å²) >= 11 is 1.90. The molecule has 2 rings (SSSR count). The number of aromatic nitrogens is 1. The lowest BCUT2D eigenvalue weighted by Crippen LogP contribution is -2.44. The molecular formula is C12H17N3OS. The predicted molar refractivity (Wildman–Crippen MR) is 71.6 cm³/mol. The highest BCUT2D eigenvalue weighted by atomic mass is 32.2. The van der Waals surface area contributed by atoms with Crippen molar-refractivity contribution in [1.82, 2.24) is 9.88 Å². The number of carbonyl (C=O) groups is 1. The van der Waals surface area contributed by atoms with Crippen molar-refractivity contribution >= 4 is 23.4 Å². The van der Waals surface area contributed by atoms with Gasteiger partial charge in [0, 0.05) is 49.2 Å².